The van der Waals surface area contributed by atoms with Crippen LogP contribution >= 0.6 is 22.7 Å². The Balaban J connectivity index is 1.49. The summed E-state index contributed by atoms with van der Waals surface area (Å²) in [6.07, 6.45) is 0. The van der Waals surface area contributed by atoms with Gasteiger partial charge in [-0.05, 0) is 39.8 Å². The zero-order valence-corrected chi connectivity index (χ0v) is 25.1. The average Bonchev–Trinajstić information content (AvgIpc) is 3.73. The molecular weight excluding hydrogens is 614 g/mol. The van der Waals surface area contributed by atoms with Crippen LogP contribution in [0.4, 0.5) is 26.3 Å². The first kappa shape index (κ1) is 29.2. The minimum atomic E-state index is -5.66. The van der Waals surface area contributed by atoms with Crippen LogP contribution in [-0.2, 0) is 30.5 Å². The fourth-order valence-electron chi connectivity index (χ4n) is 6.38. The van der Waals surface area contributed by atoms with Crippen molar-refractivity contribution in [1.82, 2.24) is 0 Å². The molecule has 1 aliphatic carbocycles. The zero-order valence-electron chi connectivity index (χ0n) is 23.5. The number of thiophene rings is 2. The van der Waals surface area contributed by atoms with Crippen molar-refractivity contribution in [2.45, 2.75) is 57.0 Å². The smallest absolute Gasteiger partial charge is 0.344 e. The Hall–Kier alpha value is -2.48. The molecule has 7 rings (SSSR count). The fourth-order valence-corrected chi connectivity index (χ4v) is 8.60. The third-order valence-electron chi connectivity index (χ3n) is 8.62. The summed E-state index contributed by atoms with van der Waals surface area (Å²) in [5, 5.41) is 0.355. The van der Waals surface area contributed by atoms with E-state index >= 15 is 26.3 Å². The molecule has 0 atom stereocenters. The highest BCUT2D eigenvalue weighted by Gasteiger charge is 2.80. The standard InChI is InChI=1S/C31H26F6O4S2/c1-15-23(19-7-5-17(13-21(19)42-15)27(3)38-9-10-39-27)25-26(30(34,35)31(36,37)29(25,32)33)24-16(2)43-22-14-18(6-8-20(22)24)28(4)40-11-12-41-28/h5-8,13-14H,9-12H2,1-4H3. The SMILES string of the molecule is Cc1sc2cc(C3(C)OCCO3)ccc2c1C1=C(c2c(C)sc3cc(C4(C)OCCO4)ccc23)C(F)(F)C(F)(F)C1(F)F. The second-order valence-corrected chi connectivity index (χ2v) is 13.8. The van der Waals surface area contributed by atoms with Gasteiger partial charge in [0.25, 0.3) is 0 Å². The van der Waals surface area contributed by atoms with E-state index in [2.05, 4.69) is 0 Å². The molecule has 3 aliphatic rings. The molecule has 12 heteroatoms. The summed E-state index contributed by atoms with van der Waals surface area (Å²) in [4.78, 5) is 0.434. The van der Waals surface area contributed by atoms with Gasteiger partial charge in [-0.2, -0.15) is 26.3 Å². The minimum Gasteiger partial charge on any atom is -0.344 e. The van der Waals surface area contributed by atoms with E-state index in [0.29, 0.717) is 47.0 Å². The van der Waals surface area contributed by atoms with Gasteiger partial charge < -0.3 is 18.9 Å². The molecular formula is C31H26F6O4S2. The molecule has 4 heterocycles. The maximum Gasteiger partial charge on any atom is 0.380 e. The number of benzene rings is 2. The van der Waals surface area contributed by atoms with Gasteiger partial charge in [-0.1, -0.05) is 24.3 Å². The summed E-state index contributed by atoms with van der Waals surface area (Å²) in [5.41, 5.74) is -2.10. The number of hydrogen-bond donors (Lipinski definition) is 0. The number of aryl methyl sites for hydroxylation is 2. The van der Waals surface area contributed by atoms with Gasteiger partial charge in [-0.25, -0.2) is 0 Å². The van der Waals surface area contributed by atoms with Crippen molar-refractivity contribution >= 4 is 54.0 Å². The van der Waals surface area contributed by atoms with Gasteiger partial charge in [-0.3, -0.25) is 0 Å². The molecule has 0 N–H and O–H groups in total. The maximum absolute atomic E-state index is 15.9. The Morgan fingerprint density at radius 2 is 0.930 bits per heavy atom. The van der Waals surface area contributed by atoms with Crippen LogP contribution in [0.2, 0.25) is 0 Å². The van der Waals surface area contributed by atoms with Crippen LogP contribution in [0.3, 0.4) is 0 Å². The van der Waals surface area contributed by atoms with E-state index in [1.165, 1.54) is 26.0 Å². The number of hydrogen-bond acceptors (Lipinski definition) is 6. The molecule has 0 radical (unpaired) electrons. The molecule has 0 amide bonds. The van der Waals surface area contributed by atoms with Gasteiger partial charge in [0.05, 0.1) is 26.4 Å². The molecule has 0 saturated carbocycles. The topological polar surface area (TPSA) is 36.9 Å². The van der Waals surface area contributed by atoms with E-state index in [9.17, 15) is 0 Å². The number of rotatable bonds is 4. The van der Waals surface area contributed by atoms with Gasteiger partial charge in [0.2, 0.25) is 0 Å². The molecule has 2 fully saturated rings. The first-order valence-electron chi connectivity index (χ1n) is 13.6. The molecule has 4 nitrogen and oxygen atoms in total. The monoisotopic (exact) mass is 640 g/mol. The van der Waals surface area contributed by atoms with Crippen molar-refractivity contribution in [3.8, 4) is 0 Å². The van der Waals surface area contributed by atoms with Crippen molar-refractivity contribution < 1.29 is 45.3 Å². The highest BCUT2D eigenvalue weighted by atomic mass is 32.1. The van der Waals surface area contributed by atoms with Crippen molar-refractivity contribution in [3.63, 3.8) is 0 Å². The largest absolute Gasteiger partial charge is 0.380 e. The van der Waals surface area contributed by atoms with E-state index < -0.39 is 40.5 Å². The number of halogens is 6. The lowest BCUT2D eigenvalue weighted by Gasteiger charge is -2.26. The van der Waals surface area contributed by atoms with Crippen LogP contribution < -0.4 is 0 Å². The normalized spacial score (nSPS) is 23.7. The minimum absolute atomic E-state index is 0.177. The van der Waals surface area contributed by atoms with Crippen molar-refractivity contribution in [1.29, 1.82) is 0 Å². The summed E-state index contributed by atoms with van der Waals surface area (Å²) in [5.74, 6) is -18.1. The Labute approximate surface area is 250 Å². The molecule has 2 aromatic heterocycles. The molecule has 43 heavy (non-hydrogen) atoms. The molecule has 2 saturated heterocycles. The van der Waals surface area contributed by atoms with Crippen LogP contribution in [0.15, 0.2) is 36.4 Å². The second-order valence-electron chi connectivity index (χ2n) is 11.2. The van der Waals surface area contributed by atoms with Gasteiger partial charge in [-0.15, -0.1) is 22.7 Å². The van der Waals surface area contributed by atoms with Gasteiger partial charge in [0.15, 0.2) is 11.6 Å². The van der Waals surface area contributed by atoms with E-state index in [4.69, 9.17) is 18.9 Å². The molecule has 0 bridgehead atoms. The molecule has 4 aromatic rings. The zero-order chi connectivity index (χ0) is 30.7. The van der Waals surface area contributed by atoms with Crippen molar-refractivity contribution in [3.05, 3.63) is 68.4 Å². The van der Waals surface area contributed by atoms with Crippen molar-refractivity contribution in [2.24, 2.45) is 0 Å². The van der Waals surface area contributed by atoms with Crippen LogP contribution in [0.25, 0.3) is 31.3 Å². The predicted octanol–water partition coefficient (Wildman–Crippen LogP) is 9.00. The number of alkyl halides is 6. The lowest BCUT2D eigenvalue weighted by atomic mass is 9.91. The van der Waals surface area contributed by atoms with E-state index in [0.717, 1.165) is 22.7 Å². The molecule has 228 valence electrons. The highest BCUT2D eigenvalue weighted by Crippen LogP contribution is 2.67. The quantitative estimate of drug-likeness (QED) is 0.209. The Morgan fingerprint density at radius 3 is 1.28 bits per heavy atom. The number of ether oxygens (including phenoxy) is 4. The van der Waals surface area contributed by atoms with Gasteiger partial charge in [0, 0.05) is 63.3 Å². The fraction of sp³-hybridized carbons (Fsp3) is 0.419. The summed E-state index contributed by atoms with van der Waals surface area (Å²) in [6, 6.07) is 9.50. The third kappa shape index (κ3) is 3.89. The predicted molar refractivity (Wildman–Crippen MR) is 153 cm³/mol. The van der Waals surface area contributed by atoms with E-state index in [1.807, 2.05) is 0 Å². The summed E-state index contributed by atoms with van der Waals surface area (Å²) < 4.78 is 118. The van der Waals surface area contributed by atoms with Crippen LogP contribution in [0, 0.1) is 13.8 Å². The maximum atomic E-state index is 15.9. The van der Waals surface area contributed by atoms with Crippen LogP contribution in [0.1, 0.15) is 45.9 Å². The summed E-state index contributed by atoms with van der Waals surface area (Å²) in [6.45, 7) is 7.86. The Bertz CT molecular complexity index is 1700. The Kier molecular flexibility index (Phi) is 6.31. The Morgan fingerprint density at radius 1 is 0.581 bits per heavy atom. The number of fused-ring (bicyclic) bond motifs is 2. The number of allylic oxidation sites excluding steroid dienone is 2. The molecule has 0 spiro atoms. The van der Waals surface area contributed by atoms with Crippen LogP contribution in [-0.4, -0.2) is 44.2 Å². The second kappa shape index (κ2) is 9.27. The molecule has 2 aliphatic heterocycles. The summed E-state index contributed by atoms with van der Waals surface area (Å²) in [7, 11) is 0. The first-order chi connectivity index (χ1) is 20.1. The van der Waals surface area contributed by atoms with Crippen molar-refractivity contribution in [2.75, 3.05) is 26.4 Å². The van der Waals surface area contributed by atoms with Crippen LogP contribution in [0.5, 0.6) is 0 Å². The highest BCUT2D eigenvalue weighted by molar-refractivity contribution is 7.19. The van der Waals surface area contributed by atoms with E-state index in [-0.39, 0.29) is 31.7 Å². The first-order valence-corrected chi connectivity index (χ1v) is 15.3. The molecule has 2 aromatic carbocycles. The lowest BCUT2D eigenvalue weighted by Crippen LogP contribution is -2.48. The average molecular weight is 641 g/mol. The van der Waals surface area contributed by atoms with E-state index in [1.54, 1.807) is 38.1 Å². The third-order valence-corrected chi connectivity index (χ3v) is 10.8. The lowest BCUT2D eigenvalue weighted by molar-refractivity contribution is -0.254. The molecule has 0 unspecified atom stereocenters. The van der Waals surface area contributed by atoms with Gasteiger partial charge >= 0.3 is 17.8 Å². The van der Waals surface area contributed by atoms with Gasteiger partial charge in [0.1, 0.15) is 0 Å². The summed E-state index contributed by atoms with van der Waals surface area (Å²) >= 11 is 2.13.